The summed E-state index contributed by atoms with van der Waals surface area (Å²) in [4.78, 5) is 17.1. The summed E-state index contributed by atoms with van der Waals surface area (Å²) in [6.07, 6.45) is 4.79. The number of carbonyl (C=O) groups excluding carboxylic acids is 1. The number of pyridine rings is 1. The van der Waals surface area contributed by atoms with Crippen molar-refractivity contribution in [2.75, 3.05) is 5.43 Å². The van der Waals surface area contributed by atoms with Crippen LogP contribution in [-0.2, 0) is 0 Å². The van der Waals surface area contributed by atoms with Gasteiger partial charge < -0.3 is 0 Å². The summed E-state index contributed by atoms with van der Waals surface area (Å²) >= 11 is 18.6. The average molecular weight is 449 g/mol. The molecule has 1 aromatic carbocycles. The Morgan fingerprint density at radius 1 is 1.10 bits per heavy atom. The Morgan fingerprint density at radius 3 is 2.72 bits per heavy atom. The van der Waals surface area contributed by atoms with Gasteiger partial charge in [0.2, 0.25) is 0 Å². The topological polar surface area (TPSA) is 71.8 Å². The molecule has 148 valence electrons. The van der Waals surface area contributed by atoms with E-state index in [1.54, 1.807) is 35.1 Å². The van der Waals surface area contributed by atoms with Gasteiger partial charge in [-0.25, -0.2) is 9.67 Å². The molecule has 2 atom stereocenters. The number of hydrogen-bond acceptors (Lipinski definition) is 4. The van der Waals surface area contributed by atoms with Crippen LogP contribution in [0.5, 0.6) is 0 Å². The molecule has 2 aliphatic carbocycles. The summed E-state index contributed by atoms with van der Waals surface area (Å²) in [5.41, 5.74) is 8.66. The van der Waals surface area contributed by atoms with Crippen LogP contribution in [0.3, 0.4) is 0 Å². The fourth-order valence-corrected chi connectivity index (χ4v) is 5.05. The Labute approximate surface area is 182 Å². The van der Waals surface area contributed by atoms with Crippen molar-refractivity contribution >= 4 is 46.5 Å². The van der Waals surface area contributed by atoms with E-state index in [4.69, 9.17) is 34.8 Å². The van der Waals surface area contributed by atoms with Crippen LogP contribution in [0.1, 0.15) is 52.8 Å². The predicted octanol–water partition coefficient (Wildman–Crippen LogP) is 5.35. The number of rotatable bonds is 4. The summed E-state index contributed by atoms with van der Waals surface area (Å²) in [6, 6.07) is 8.70. The van der Waals surface area contributed by atoms with Crippen LogP contribution in [0.25, 0.3) is 5.69 Å². The first kappa shape index (κ1) is 18.7. The van der Waals surface area contributed by atoms with E-state index in [-0.39, 0.29) is 5.91 Å². The third-order valence-corrected chi connectivity index (χ3v) is 6.44. The number of nitrogens with one attached hydrogen (secondary N) is 2. The molecule has 2 unspecified atom stereocenters. The fraction of sp³-hybridized carbons (Fsp3) is 0.250. The van der Waals surface area contributed by atoms with E-state index < -0.39 is 0 Å². The molecule has 29 heavy (non-hydrogen) atoms. The Morgan fingerprint density at radius 2 is 1.93 bits per heavy atom. The minimum atomic E-state index is -0.334. The fourth-order valence-electron chi connectivity index (χ4n) is 4.39. The van der Waals surface area contributed by atoms with Crippen LogP contribution in [0.2, 0.25) is 15.1 Å². The minimum absolute atomic E-state index is 0.334. The maximum Gasteiger partial charge on any atom is 0.290 e. The Hall–Kier alpha value is -2.28. The molecule has 0 spiro atoms. The van der Waals surface area contributed by atoms with Gasteiger partial charge in [-0.05, 0) is 55.5 Å². The monoisotopic (exact) mass is 447 g/mol. The first-order chi connectivity index (χ1) is 14.0. The number of carbonyl (C=O) groups is 1. The van der Waals surface area contributed by atoms with Gasteiger partial charge in [-0.2, -0.15) is 5.10 Å². The second-order valence-corrected chi connectivity index (χ2v) is 8.53. The quantitative estimate of drug-likeness (QED) is 0.528. The van der Waals surface area contributed by atoms with E-state index in [1.807, 2.05) is 6.07 Å². The van der Waals surface area contributed by atoms with Gasteiger partial charge in [-0.15, -0.1) is 0 Å². The van der Waals surface area contributed by atoms with Gasteiger partial charge in [0, 0.05) is 22.7 Å². The van der Waals surface area contributed by atoms with Gasteiger partial charge >= 0.3 is 0 Å². The second-order valence-electron chi connectivity index (χ2n) is 7.27. The average Bonchev–Trinajstić information content (AvgIpc) is 3.40. The van der Waals surface area contributed by atoms with Crippen molar-refractivity contribution in [1.29, 1.82) is 0 Å². The molecule has 2 heterocycles. The molecule has 0 saturated heterocycles. The van der Waals surface area contributed by atoms with Crippen LogP contribution < -0.4 is 10.9 Å². The third kappa shape index (κ3) is 3.16. The molecule has 2 bridgehead atoms. The van der Waals surface area contributed by atoms with Crippen molar-refractivity contribution in [2.45, 2.75) is 31.1 Å². The van der Waals surface area contributed by atoms with Gasteiger partial charge in [0.1, 0.15) is 0 Å². The maximum absolute atomic E-state index is 13.0. The molecule has 3 aromatic rings. The first-order valence-electron chi connectivity index (χ1n) is 9.28. The van der Waals surface area contributed by atoms with Crippen LogP contribution in [0.15, 0.2) is 36.5 Å². The number of halogens is 3. The van der Waals surface area contributed by atoms with Crippen molar-refractivity contribution < 1.29 is 4.79 Å². The number of amides is 1. The van der Waals surface area contributed by atoms with Crippen molar-refractivity contribution in [3.63, 3.8) is 0 Å². The van der Waals surface area contributed by atoms with E-state index >= 15 is 0 Å². The number of benzene rings is 1. The van der Waals surface area contributed by atoms with E-state index in [0.717, 1.165) is 36.2 Å². The van der Waals surface area contributed by atoms with E-state index in [1.165, 1.54) is 0 Å². The molecule has 6 nitrogen and oxygen atoms in total. The molecule has 9 heteroatoms. The minimum Gasteiger partial charge on any atom is -0.280 e. The molecule has 2 aromatic heterocycles. The molecule has 1 saturated carbocycles. The van der Waals surface area contributed by atoms with Crippen molar-refractivity contribution in [2.24, 2.45) is 0 Å². The van der Waals surface area contributed by atoms with Crippen molar-refractivity contribution in [3.8, 4) is 5.69 Å². The summed E-state index contributed by atoms with van der Waals surface area (Å²) in [7, 11) is 0. The standard InChI is InChI=1S/C20H16Cl3N5O/c21-12-5-6-15(14(23)9-12)28-18-11-4-3-10(8-11)16(18)17(27-28)20(29)26-25-19-13(22)2-1-7-24-19/h1-2,5-7,9-11H,3-4,8H2,(H,24,25)(H,26,29). The summed E-state index contributed by atoms with van der Waals surface area (Å²) in [5, 5.41) is 6.11. The largest absolute Gasteiger partial charge is 0.290 e. The Kier molecular flexibility index (Phi) is 4.65. The van der Waals surface area contributed by atoms with Crippen LogP contribution in [0, 0.1) is 0 Å². The SMILES string of the molecule is O=C(NNc1ncccc1Cl)c1nn(-c2ccc(Cl)cc2Cl)c2c1C1CCC2C1. The number of anilines is 1. The molecule has 0 radical (unpaired) electrons. The van der Waals surface area contributed by atoms with Crippen molar-refractivity contribution in [3.05, 3.63) is 68.5 Å². The summed E-state index contributed by atoms with van der Waals surface area (Å²) in [6.45, 7) is 0. The Bertz CT molecular complexity index is 1130. The zero-order valence-corrected chi connectivity index (χ0v) is 17.4. The van der Waals surface area contributed by atoms with E-state index in [2.05, 4.69) is 20.9 Å². The predicted molar refractivity (Wildman–Crippen MR) is 113 cm³/mol. The van der Waals surface area contributed by atoms with Gasteiger partial charge in [0.15, 0.2) is 11.5 Å². The highest BCUT2D eigenvalue weighted by Gasteiger charge is 2.44. The molecule has 0 aliphatic heterocycles. The molecule has 1 fully saturated rings. The normalized spacial score (nSPS) is 19.3. The first-order valence-corrected chi connectivity index (χ1v) is 10.4. The number of hydrogen-bond donors (Lipinski definition) is 2. The lowest BCUT2D eigenvalue weighted by atomic mass is 9.95. The number of nitrogens with zero attached hydrogens (tertiary/aromatic N) is 3. The van der Waals surface area contributed by atoms with Crippen LogP contribution >= 0.6 is 34.8 Å². The van der Waals surface area contributed by atoms with Crippen LogP contribution in [0.4, 0.5) is 5.82 Å². The number of fused-ring (bicyclic) bond motifs is 5. The highest BCUT2D eigenvalue weighted by atomic mass is 35.5. The molecule has 2 aliphatic rings. The highest BCUT2D eigenvalue weighted by Crippen LogP contribution is 2.54. The summed E-state index contributed by atoms with van der Waals surface area (Å²) < 4.78 is 1.81. The molecule has 5 rings (SSSR count). The lowest BCUT2D eigenvalue weighted by Crippen LogP contribution is -2.31. The third-order valence-electron chi connectivity index (χ3n) is 5.59. The molecule has 1 amide bonds. The van der Waals surface area contributed by atoms with E-state index in [9.17, 15) is 4.79 Å². The molecular formula is C20H16Cl3N5O. The lowest BCUT2D eigenvalue weighted by Gasteiger charge is -2.15. The van der Waals surface area contributed by atoms with E-state index in [0.29, 0.717) is 38.4 Å². The highest BCUT2D eigenvalue weighted by molar-refractivity contribution is 6.35. The lowest BCUT2D eigenvalue weighted by molar-refractivity contribution is 0.0956. The summed E-state index contributed by atoms with van der Waals surface area (Å²) in [5.74, 6) is 0.767. The molecular weight excluding hydrogens is 433 g/mol. The zero-order chi connectivity index (χ0) is 20.1. The van der Waals surface area contributed by atoms with Gasteiger partial charge in [-0.3, -0.25) is 15.6 Å². The second kappa shape index (κ2) is 7.20. The van der Waals surface area contributed by atoms with Crippen LogP contribution in [-0.4, -0.2) is 20.7 Å². The zero-order valence-electron chi connectivity index (χ0n) is 15.1. The van der Waals surface area contributed by atoms with Gasteiger partial charge in [0.05, 0.1) is 21.4 Å². The smallest absolute Gasteiger partial charge is 0.280 e. The Balaban J connectivity index is 1.52. The van der Waals surface area contributed by atoms with Gasteiger partial charge in [0.25, 0.3) is 5.91 Å². The van der Waals surface area contributed by atoms with Gasteiger partial charge in [-0.1, -0.05) is 34.8 Å². The van der Waals surface area contributed by atoms with Crippen molar-refractivity contribution in [1.82, 2.24) is 20.2 Å². The number of hydrazine groups is 1. The number of aromatic nitrogens is 3. The molecule has 2 N–H and O–H groups in total. The maximum atomic E-state index is 13.0.